The normalized spacial score (nSPS) is 11.3. The van der Waals surface area contributed by atoms with E-state index in [2.05, 4.69) is 6.58 Å². The topological polar surface area (TPSA) is 26.3 Å². The monoisotopic (exact) mass is 238 g/mol. The molecule has 0 radical (unpaired) electrons. The maximum atomic E-state index is 11.5. The van der Waals surface area contributed by atoms with Crippen molar-refractivity contribution < 1.29 is 9.53 Å². The van der Waals surface area contributed by atoms with Crippen molar-refractivity contribution in [2.45, 2.75) is 0 Å². The van der Waals surface area contributed by atoms with Crippen molar-refractivity contribution in [2.75, 3.05) is 7.11 Å². The van der Waals surface area contributed by atoms with E-state index in [4.69, 9.17) is 4.74 Å². The third-order valence-corrected chi connectivity index (χ3v) is 2.78. The minimum Gasteiger partial charge on any atom is -0.465 e. The summed E-state index contributed by atoms with van der Waals surface area (Å²) in [7, 11) is 1.36. The van der Waals surface area contributed by atoms with E-state index < -0.39 is 0 Å². The lowest BCUT2D eigenvalue weighted by molar-refractivity contribution is -0.135. The number of ether oxygens (including phenoxy) is 1. The molecular weight excluding hydrogens is 224 g/mol. The SMILES string of the molecule is C=CC(=Cc1cccc2ccccc12)C(=O)OC. The number of hydrogen-bond donors (Lipinski definition) is 0. The van der Waals surface area contributed by atoms with E-state index in [-0.39, 0.29) is 5.97 Å². The molecule has 0 heterocycles. The van der Waals surface area contributed by atoms with Gasteiger partial charge in [0, 0.05) is 0 Å². The quantitative estimate of drug-likeness (QED) is 0.464. The van der Waals surface area contributed by atoms with Crippen LogP contribution in [-0.4, -0.2) is 13.1 Å². The van der Waals surface area contributed by atoms with Crippen molar-refractivity contribution in [3.63, 3.8) is 0 Å². The van der Waals surface area contributed by atoms with Crippen molar-refractivity contribution in [3.8, 4) is 0 Å². The Morgan fingerprint density at radius 3 is 2.61 bits per heavy atom. The van der Waals surface area contributed by atoms with E-state index in [0.717, 1.165) is 16.3 Å². The average Bonchev–Trinajstić information content (AvgIpc) is 2.44. The van der Waals surface area contributed by atoms with Gasteiger partial charge in [-0.3, -0.25) is 0 Å². The van der Waals surface area contributed by atoms with Crippen molar-refractivity contribution in [1.29, 1.82) is 0 Å². The lowest BCUT2D eigenvalue weighted by Crippen LogP contribution is -2.02. The number of benzene rings is 2. The van der Waals surface area contributed by atoms with Gasteiger partial charge in [-0.25, -0.2) is 4.79 Å². The van der Waals surface area contributed by atoms with Crippen LogP contribution in [0.15, 0.2) is 60.7 Å². The van der Waals surface area contributed by atoms with Gasteiger partial charge >= 0.3 is 5.97 Å². The molecule has 0 aromatic heterocycles. The summed E-state index contributed by atoms with van der Waals surface area (Å²) in [6, 6.07) is 14.0. The van der Waals surface area contributed by atoms with Gasteiger partial charge in [0.2, 0.25) is 0 Å². The zero-order chi connectivity index (χ0) is 13.0. The Balaban J connectivity index is 2.57. The van der Waals surface area contributed by atoms with Crippen LogP contribution >= 0.6 is 0 Å². The largest absolute Gasteiger partial charge is 0.465 e. The van der Waals surface area contributed by atoms with Crippen molar-refractivity contribution in [1.82, 2.24) is 0 Å². The predicted octanol–water partition coefficient (Wildman–Crippen LogP) is 3.58. The predicted molar refractivity (Wildman–Crippen MR) is 74.1 cm³/mol. The first-order valence-electron chi connectivity index (χ1n) is 5.66. The Morgan fingerprint density at radius 2 is 1.89 bits per heavy atom. The highest BCUT2D eigenvalue weighted by Gasteiger charge is 2.06. The molecule has 90 valence electrons. The van der Waals surface area contributed by atoms with Gasteiger partial charge in [0.1, 0.15) is 0 Å². The minimum atomic E-state index is -0.377. The molecule has 0 fully saturated rings. The molecule has 0 atom stereocenters. The van der Waals surface area contributed by atoms with Crippen LogP contribution in [0.2, 0.25) is 0 Å². The minimum absolute atomic E-state index is 0.377. The molecule has 2 aromatic carbocycles. The summed E-state index contributed by atoms with van der Waals surface area (Å²) in [6.45, 7) is 3.64. The van der Waals surface area contributed by atoms with Gasteiger partial charge in [-0.2, -0.15) is 0 Å². The molecule has 0 N–H and O–H groups in total. The number of hydrogen-bond acceptors (Lipinski definition) is 2. The Morgan fingerprint density at radius 1 is 1.17 bits per heavy atom. The van der Waals surface area contributed by atoms with Crippen LogP contribution in [0.4, 0.5) is 0 Å². The molecule has 2 nitrogen and oxygen atoms in total. The molecule has 18 heavy (non-hydrogen) atoms. The van der Waals surface area contributed by atoms with Crippen LogP contribution in [0.5, 0.6) is 0 Å². The summed E-state index contributed by atoms with van der Waals surface area (Å²) in [5.74, 6) is -0.377. The summed E-state index contributed by atoms with van der Waals surface area (Å²) >= 11 is 0. The molecular formula is C16H14O2. The Hall–Kier alpha value is -2.35. The van der Waals surface area contributed by atoms with Gasteiger partial charge in [0.05, 0.1) is 12.7 Å². The third kappa shape index (κ3) is 2.33. The van der Waals surface area contributed by atoms with E-state index >= 15 is 0 Å². The second-order valence-corrected chi connectivity index (χ2v) is 3.86. The highest BCUT2D eigenvalue weighted by Crippen LogP contribution is 2.21. The first kappa shape index (κ1) is 12.1. The van der Waals surface area contributed by atoms with E-state index in [9.17, 15) is 4.79 Å². The molecule has 2 rings (SSSR count). The number of esters is 1. The van der Waals surface area contributed by atoms with Gasteiger partial charge in [-0.1, -0.05) is 55.1 Å². The van der Waals surface area contributed by atoms with Crippen LogP contribution in [0.1, 0.15) is 5.56 Å². The molecule has 0 saturated heterocycles. The average molecular weight is 238 g/mol. The lowest BCUT2D eigenvalue weighted by atomic mass is 10.0. The van der Waals surface area contributed by atoms with E-state index in [1.54, 1.807) is 6.08 Å². The van der Waals surface area contributed by atoms with Crippen molar-refractivity contribution >= 4 is 22.8 Å². The third-order valence-electron chi connectivity index (χ3n) is 2.78. The van der Waals surface area contributed by atoms with Gasteiger partial charge < -0.3 is 4.74 Å². The molecule has 0 aliphatic carbocycles. The lowest BCUT2D eigenvalue weighted by Gasteiger charge is -2.04. The molecule has 0 saturated carbocycles. The van der Waals surface area contributed by atoms with E-state index in [0.29, 0.717) is 5.57 Å². The molecule has 0 bridgehead atoms. The van der Waals surface area contributed by atoms with Crippen LogP contribution in [0, 0.1) is 0 Å². The van der Waals surface area contributed by atoms with Crippen LogP contribution in [0.25, 0.3) is 16.8 Å². The Labute approximate surface area is 106 Å². The number of carbonyl (C=O) groups excluding carboxylic acids is 1. The maximum absolute atomic E-state index is 11.5. The van der Waals surface area contributed by atoms with Crippen LogP contribution in [0.3, 0.4) is 0 Å². The number of fused-ring (bicyclic) bond motifs is 1. The molecule has 0 unspecified atom stereocenters. The number of carbonyl (C=O) groups is 1. The summed E-state index contributed by atoms with van der Waals surface area (Å²) in [5, 5.41) is 2.24. The fourth-order valence-corrected chi connectivity index (χ4v) is 1.86. The summed E-state index contributed by atoms with van der Waals surface area (Å²) < 4.78 is 4.71. The van der Waals surface area contributed by atoms with Crippen LogP contribution in [-0.2, 0) is 9.53 Å². The molecule has 0 aliphatic heterocycles. The standard InChI is InChI=1S/C16H14O2/c1-3-12(16(17)18-2)11-14-9-6-8-13-7-4-5-10-15(13)14/h3-11H,1H2,2H3. The van der Waals surface area contributed by atoms with Gasteiger partial charge in [-0.05, 0) is 22.4 Å². The Bertz CT molecular complexity index is 619. The summed E-state index contributed by atoms with van der Waals surface area (Å²) in [5.41, 5.74) is 1.43. The molecule has 2 heteroatoms. The maximum Gasteiger partial charge on any atom is 0.337 e. The second kappa shape index (κ2) is 5.32. The fourth-order valence-electron chi connectivity index (χ4n) is 1.86. The smallest absolute Gasteiger partial charge is 0.337 e. The molecule has 0 spiro atoms. The number of methoxy groups -OCH3 is 1. The first-order valence-corrected chi connectivity index (χ1v) is 5.66. The zero-order valence-electron chi connectivity index (χ0n) is 10.2. The fraction of sp³-hybridized carbons (Fsp3) is 0.0625. The van der Waals surface area contributed by atoms with Crippen LogP contribution < -0.4 is 0 Å². The molecule has 0 amide bonds. The summed E-state index contributed by atoms with van der Waals surface area (Å²) in [4.78, 5) is 11.5. The first-order chi connectivity index (χ1) is 8.76. The van der Waals surface area contributed by atoms with Gasteiger partial charge in [-0.15, -0.1) is 0 Å². The highest BCUT2D eigenvalue weighted by atomic mass is 16.5. The molecule has 0 aliphatic rings. The van der Waals surface area contributed by atoms with Crippen molar-refractivity contribution in [2.24, 2.45) is 0 Å². The zero-order valence-corrected chi connectivity index (χ0v) is 10.2. The summed E-state index contributed by atoms with van der Waals surface area (Å²) in [6.07, 6.45) is 3.30. The number of rotatable bonds is 3. The highest BCUT2D eigenvalue weighted by molar-refractivity contribution is 6.00. The van der Waals surface area contributed by atoms with Crippen molar-refractivity contribution in [3.05, 3.63) is 66.3 Å². The molecule has 2 aromatic rings. The van der Waals surface area contributed by atoms with Gasteiger partial charge in [0.25, 0.3) is 0 Å². The second-order valence-electron chi connectivity index (χ2n) is 3.86. The van der Waals surface area contributed by atoms with E-state index in [1.807, 2.05) is 42.5 Å². The Kier molecular flexibility index (Phi) is 3.58. The van der Waals surface area contributed by atoms with Gasteiger partial charge in [0.15, 0.2) is 0 Å². The van der Waals surface area contributed by atoms with E-state index in [1.165, 1.54) is 13.2 Å².